The van der Waals surface area contributed by atoms with Gasteiger partial charge in [-0.3, -0.25) is 9.78 Å². The Hall–Kier alpha value is -2.70. The molecule has 0 N–H and O–H groups in total. The number of benzene rings is 2. The summed E-state index contributed by atoms with van der Waals surface area (Å²) in [4.78, 5) is 45.3. The maximum Gasteiger partial charge on any atom is 0.373 e. The molecule has 0 aliphatic carbocycles. The van der Waals surface area contributed by atoms with Gasteiger partial charge >= 0.3 is 11.9 Å². The summed E-state index contributed by atoms with van der Waals surface area (Å²) in [6.45, 7) is 9.98. The molecule has 34 heavy (non-hydrogen) atoms. The summed E-state index contributed by atoms with van der Waals surface area (Å²) in [7, 11) is 0. The molecule has 0 saturated heterocycles. The molecule has 0 unspecified atom stereocenters. The molecule has 2 aromatic rings. The van der Waals surface area contributed by atoms with Gasteiger partial charge in [0, 0.05) is 6.42 Å². The number of unbranched alkanes of at least 4 members (excludes halogenated alkanes) is 6. The largest absolute Gasteiger partial charge is 0.373 e. The zero-order valence-electron chi connectivity index (χ0n) is 21.1. The monoisotopic (exact) mass is 470 g/mol. The van der Waals surface area contributed by atoms with Crippen molar-refractivity contribution in [1.29, 1.82) is 0 Å². The third kappa shape index (κ3) is 9.27. The molecule has 0 radical (unpaired) electrons. The first-order valence-corrected chi connectivity index (χ1v) is 12.2. The SMILES string of the molecule is CCCCCCCCCC(OOC(=O)c1ccc(C)c(C)c1)OOC(=O)c1ccc(C)c(C)c1. The maximum atomic E-state index is 12.4. The third-order valence-corrected chi connectivity index (χ3v) is 5.99. The highest BCUT2D eigenvalue weighted by Gasteiger charge is 2.20. The Morgan fingerprint density at radius 2 is 1.09 bits per heavy atom. The molecule has 6 heteroatoms. The molecule has 0 atom stereocenters. The van der Waals surface area contributed by atoms with Gasteiger partial charge in [0.25, 0.3) is 0 Å². The van der Waals surface area contributed by atoms with Crippen molar-refractivity contribution in [2.75, 3.05) is 0 Å². The Morgan fingerprint density at radius 3 is 1.53 bits per heavy atom. The lowest BCUT2D eigenvalue weighted by Crippen LogP contribution is -2.22. The molecule has 0 spiro atoms. The first kappa shape index (κ1) is 27.5. The molecule has 2 aromatic carbocycles. The lowest BCUT2D eigenvalue weighted by Gasteiger charge is -2.15. The van der Waals surface area contributed by atoms with Crippen LogP contribution < -0.4 is 0 Å². The second-order valence-corrected chi connectivity index (χ2v) is 8.87. The van der Waals surface area contributed by atoms with E-state index in [1.165, 1.54) is 25.7 Å². The lowest BCUT2D eigenvalue weighted by atomic mass is 10.1. The number of hydrogen-bond acceptors (Lipinski definition) is 6. The Bertz CT molecular complexity index is 869. The summed E-state index contributed by atoms with van der Waals surface area (Å²) in [5.41, 5.74) is 4.88. The van der Waals surface area contributed by atoms with E-state index < -0.39 is 18.2 Å². The van der Waals surface area contributed by atoms with E-state index in [2.05, 4.69) is 6.92 Å². The van der Waals surface area contributed by atoms with Crippen molar-refractivity contribution in [3.63, 3.8) is 0 Å². The molecule has 0 saturated carbocycles. The average Bonchev–Trinajstić information content (AvgIpc) is 2.82. The van der Waals surface area contributed by atoms with Gasteiger partial charge in [-0.1, -0.05) is 57.6 Å². The number of aryl methyl sites for hydroxylation is 4. The lowest BCUT2D eigenvalue weighted by molar-refractivity contribution is -0.421. The molecule has 186 valence electrons. The minimum Gasteiger partial charge on any atom is -0.290 e. The predicted molar refractivity (Wildman–Crippen MR) is 131 cm³/mol. The van der Waals surface area contributed by atoms with Crippen LogP contribution in [0.2, 0.25) is 0 Å². The fourth-order valence-corrected chi connectivity index (χ4v) is 3.41. The first-order valence-electron chi connectivity index (χ1n) is 12.2. The highest BCUT2D eigenvalue weighted by atomic mass is 17.3. The van der Waals surface area contributed by atoms with Crippen LogP contribution in [0.1, 0.15) is 101 Å². The van der Waals surface area contributed by atoms with E-state index in [0.717, 1.165) is 41.5 Å². The van der Waals surface area contributed by atoms with E-state index in [4.69, 9.17) is 19.6 Å². The molecule has 0 aliphatic rings. The second kappa shape index (κ2) is 14.5. The zero-order chi connectivity index (χ0) is 24.9. The summed E-state index contributed by atoms with van der Waals surface area (Å²) in [6.07, 6.45) is 7.17. The van der Waals surface area contributed by atoms with Crippen LogP contribution in [0.5, 0.6) is 0 Å². The molecule has 0 bridgehead atoms. The summed E-state index contributed by atoms with van der Waals surface area (Å²) in [5, 5.41) is 0. The Morgan fingerprint density at radius 1 is 0.647 bits per heavy atom. The molecule has 0 fully saturated rings. The van der Waals surface area contributed by atoms with Crippen LogP contribution in [-0.2, 0) is 19.6 Å². The van der Waals surface area contributed by atoms with Gasteiger partial charge in [0.05, 0.1) is 11.1 Å². The van der Waals surface area contributed by atoms with Gasteiger partial charge < -0.3 is 0 Å². The first-order chi connectivity index (χ1) is 16.3. The van der Waals surface area contributed by atoms with Crippen molar-refractivity contribution < 1.29 is 29.1 Å². The highest BCUT2D eigenvalue weighted by Crippen LogP contribution is 2.17. The van der Waals surface area contributed by atoms with Gasteiger partial charge in [0.1, 0.15) is 0 Å². The average molecular weight is 471 g/mol. The maximum absolute atomic E-state index is 12.4. The van der Waals surface area contributed by atoms with Crippen LogP contribution in [0.3, 0.4) is 0 Å². The van der Waals surface area contributed by atoms with Crippen molar-refractivity contribution >= 4 is 11.9 Å². The molecule has 2 rings (SSSR count). The van der Waals surface area contributed by atoms with E-state index in [9.17, 15) is 9.59 Å². The normalized spacial score (nSPS) is 11.0. The minimum absolute atomic E-state index is 0.380. The van der Waals surface area contributed by atoms with Crippen LogP contribution in [0.4, 0.5) is 0 Å². The Balaban J connectivity index is 1.91. The molecule has 6 nitrogen and oxygen atoms in total. The number of carbonyl (C=O) groups is 2. The minimum atomic E-state index is -1.01. The van der Waals surface area contributed by atoms with Gasteiger partial charge in [-0.2, -0.15) is 0 Å². The van der Waals surface area contributed by atoms with Crippen LogP contribution in [0.15, 0.2) is 36.4 Å². The van der Waals surface area contributed by atoms with Crippen molar-refractivity contribution in [3.8, 4) is 0 Å². The fraction of sp³-hybridized carbons (Fsp3) is 0.500. The third-order valence-electron chi connectivity index (χ3n) is 5.99. The molecule has 0 heterocycles. The summed E-state index contributed by atoms with van der Waals surface area (Å²) >= 11 is 0. The number of hydrogen-bond donors (Lipinski definition) is 0. The van der Waals surface area contributed by atoms with Crippen LogP contribution in [-0.4, -0.2) is 18.2 Å². The summed E-state index contributed by atoms with van der Waals surface area (Å²) in [6, 6.07) is 10.5. The molecular weight excluding hydrogens is 432 g/mol. The fourth-order valence-electron chi connectivity index (χ4n) is 3.41. The highest BCUT2D eigenvalue weighted by molar-refractivity contribution is 5.89. The standard InChI is InChI=1S/C28H38O6/c1-6-7-8-9-10-11-12-13-26(31-33-27(29)24-16-14-20(2)22(4)18-24)32-34-28(30)25-17-15-21(3)23(5)19-25/h14-19,26H,6-13H2,1-5H3. The second-order valence-electron chi connectivity index (χ2n) is 8.87. The van der Waals surface area contributed by atoms with Gasteiger partial charge in [0.15, 0.2) is 0 Å². The van der Waals surface area contributed by atoms with E-state index in [1.54, 1.807) is 24.3 Å². The van der Waals surface area contributed by atoms with Crippen LogP contribution in [0, 0.1) is 27.7 Å². The van der Waals surface area contributed by atoms with Gasteiger partial charge in [-0.15, -0.1) is 9.78 Å². The summed E-state index contributed by atoms with van der Waals surface area (Å²) in [5.74, 6) is -1.26. The van der Waals surface area contributed by atoms with Crippen LogP contribution >= 0.6 is 0 Å². The topological polar surface area (TPSA) is 71.1 Å². The van der Waals surface area contributed by atoms with E-state index >= 15 is 0 Å². The molecular formula is C28H38O6. The van der Waals surface area contributed by atoms with Gasteiger partial charge in [-0.25, -0.2) is 9.59 Å². The number of rotatable bonds is 14. The summed E-state index contributed by atoms with van der Waals surface area (Å²) < 4.78 is 0. The quantitative estimate of drug-likeness (QED) is 0.125. The van der Waals surface area contributed by atoms with Crippen molar-refractivity contribution in [3.05, 3.63) is 69.8 Å². The van der Waals surface area contributed by atoms with Gasteiger partial charge in [0.2, 0.25) is 6.29 Å². The van der Waals surface area contributed by atoms with Crippen LogP contribution in [0.25, 0.3) is 0 Å². The van der Waals surface area contributed by atoms with E-state index in [1.807, 2.05) is 39.8 Å². The van der Waals surface area contributed by atoms with E-state index in [0.29, 0.717) is 17.5 Å². The molecule has 0 aromatic heterocycles. The van der Waals surface area contributed by atoms with Crippen molar-refractivity contribution in [2.45, 2.75) is 92.3 Å². The van der Waals surface area contributed by atoms with Crippen molar-refractivity contribution in [1.82, 2.24) is 0 Å². The number of carbonyl (C=O) groups excluding carboxylic acids is 2. The zero-order valence-corrected chi connectivity index (χ0v) is 21.1. The van der Waals surface area contributed by atoms with Crippen molar-refractivity contribution in [2.24, 2.45) is 0 Å². The molecule has 0 aliphatic heterocycles. The Labute approximate surface area is 203 Å². The Kier molecular flexibility index (Phi) is 11.8. The predicted octanol–water partition coefficient (Wildman–Crippen LogP) is 7.26. The van der Waals surface area contributed by atoms with E-state index in [-0.39, 0.29) is 0 Å². The molecule has 0 amide bonds. The van der Waals surface area contributed by atoms with Gasteiger partial charge in [-0.05, 0) is 80.6 Å². The smallest absolute Gasteiger partial charge is 0.290 e.